The molecular formula is C24H46O3. The highest BCUT2D eigenvalue weighted by Crippen LogP contribution is 2.18. The molecule has 0 aromatic heterocycles. The van der Waals surface area contributed by atoms with Crippen LogP contribution in [-0.2, 0) is 9.59 Å². The molecule has 0 aliphatic rings. The third kappa shape index (κ3) is 17.0. The first-order valence-corrected chi connectivity index (χ1v) is 11.9. The summed E-state index contributed by atoms with van der Waals surface area (Å²) >= 11 is 0. The smallest absolute Gasteiger partial charge is 0.314 e. The second-order valence-corrected chi connectivity index (χ2v) is 8.20. The van der Waals surface area contributed by atoms with E-state index in [9.17, 15) is 14.7 Å². The van der Waals surface area contributed by atoms with Crippen LogP contribution >= 0.6 is 0 Å². The molecule has 0 spiro atoms. The van der Waals surface area contributed by atoms with Crippen molar-refractivity contribution in [1.29, 1.82) is 0 Å². The predicted molar refractivity (Wildman–Crippen MR) is 115 cm³/mol. The lowest BCUT2D eigenvalue weighted by Crippen LogP contribution is -2.23. The molecule has 0 aliphatic heterocycles. The number of Topliss-reactive ketones (excluding diaryl/α,β-unsaturated/α-hetero) is 1. The fourth-order valence-corrected chi connectivity index (χ4v) is 3.69. The van der Waals surface area contributed by atoms with Crippen LogP contribution in [0.15, 0.2) is 0 Å². The Hall–Kier alpha value is -0.860. The van der Waals surface area contributed by atoms with Crippen molar-refractivity contribution < 1.29 is 14.7 Å². The Balaban J connectivity index is 3.69. The molecule has 1 atom stereocenters. The van der Waals surface area contributed by atoms with Crippen molar-refractivity contribution >= 4 is 11.8 Å². The normalized spacial score (nSPS) is 12.2. The summed E-state index contributed by atoms with van der Waals surface area (Å²) in [6.45, 7) is 4.45. The molecule has 3 heteroatoms. The summed E-state index contributed by atoms with van der Waals surface area (Å²) < 4.78 is 0. The van der Waals surface area contributed by atoms with Crippen LogP contribution in [0, 0.1) is 5.92 Å². The molecule has 0 saturated carbocycles. The zero-order valence-corrected chi connectivity index (χ0v) is 18.3. The maximum Gasteiger partial charge on any atom is 0.314 e. The van der Waals surface area contributed by atoms with Gasteiger partial charge in [0.25, 0.3) is 0 Å². The van der Waals surface area contributed by atoms with E-state index < -0.39 is 11.9 Å². The van der Waals surface area contributed by atoms with Crippen LogP contribution in [0.1, 0.15) is 136 Å². The van der Waals surface area contributed by atoms with E-state index in [4.69, 9.17) is 0 Å². The molecule has 0 aromatic carbocycles. The van der Waals surface area contributed by atoms with Crippen molar-refractivity contribution in [3.63, 3.8) is 0 Å². The van der Waals surface area contributed by atoms with Crippen LogP contribution in [0.2, 0.25) is 0 Å². The van der Waals surface area contributed by atoms with Gasteiger partial charge in [-0.2, -0.15) is 0 Å². The molecule has 1 unspecified atom stereocenters. The molecule has 0 amide bonds. The van der Waals surface area contributed by atoms with Gasteiger partial charge in [0.1, 0.15) is 11.7 Å². The zero-order chi connectivity index (χ0) is 20.2. The molecular weight excluding hydrogens is 336 g/mol. The van der Waals surface area contributed by atoms with Gasteiger partial charge < -0.3 is 5.11 Å². The van der Waals surface area contributed by atoms with Crippen LogP contribution in [0.5, 0.6) is 0 Å². The minimum Gasteiger partial charge on any atom is -0.481 e. The molecule has 0 radical (unpaired) electrons. The Labute approximate surface area is 168 Å². The van der Waals surface area contributed by atoms with Crippen LogP contribution in [0.4, 0.5) is 0 Å². The number of hydrogen-bond donors (Lipinski definition) is 1. The maximum absolute atomic E-state index is 12.2. The van der Waals surface area contributed by atoms with Crippen LogP contribution < -0.4 is 0 Å². The van der Waals surface area contributed by atoms with Crippen molar-refractivity contribution in [2.24, 2.45) is 5.92 Å². The molecule has 27 heavy (non-hydrogen) atoms. The van der Waals surface area contributed by atoms with E-state index in [1.54, 1.807) is 0 Å². The Kier molecular flexibility index (Phi) is 19.3. The summed E-state index contributed by atoms with van der Waals surface area (Å²) in [4.78, 5) is 23.7. The van der Waals surface area contributed by atoms with E-state index in [-0.39, 0.29) is 5.78 Å². The van der Waals surface area contributed by atoms with Gasteiger partial charge >= 0.3 is 5.97 Å². The monoisotopic (exact) mass is 382 g/mol. The van der Waals surface area contributed by atoms with Crippen molar-refractivity contribution in [2.75, 3.05) is 0 Å². The Morgan fingerprint density at radius 1 is 0.593 bits per heavy atom. The number of hydrogen-bond acceptors (Lipinski definition) is 2. The van der Waals surface area contributed by atoms with Gasteiger partial charge in [0, 0.05) is 6.42 Å². The molecule has 0 rings (SSSR count). The second kappa shape index (κ2) is 19.9. The number of carbonyl (C=O) groups is 2. The summed E-state index contributed by atoms with van der Waals surface area (Å²) in [5, 5.41) is 9.37. The van der Waals surface area contributed by atoms with Crippen molar-refractivity contribution in [1.82, 2.24) is 0 Å². The van der Waals surface area contributed by atoms with E-state index in [1.807, 2.05) is 0 Å². The van der Waals surface area contributed by atoms with Gasteiger partial charge in [-0.15, -0.1) is 0 Å². The number of carbonyl (C=O) groups excluding carboxylic acids is 1. The minimum absolute atomic E-state index is 0.0481. The SMILES string of the molecule is CCCCCCCCCCCC(C(=O)O)C(=O)CCCCCCCCCC. The first-order chi connectivity index (χ1) is 13.1. The number of ketones is 1. The highest BCUT2D eigenvalue weighted by molar-refractivity contribution is 5.98. The topological polar surface area (TPSA) is 54.4 Å². The Morgan fingerprint density at radius 3 is 1.37 bits per heavy atom. The first-order valence-electron chi connectivity index (χ1n) is 11.9. The molecule has 0 aromatic rings. The zero-order valence-electron chi connectivity index (χ0n) is 18.3. The standard InChI is InChI=1S/C24H46O3/c1-3-5-7-9-11-13-14-16-18-20-22(24(26)27)23(25)21-19-17-15-12-10-8-6-4-2/h22H,3-21H2,1-2H3,(H,26,27). The fourth-order valence-electron chi connectivity index (χ4n) is 3.69. The van der Waals surface area contributed by atoms with E-state index in [1.165, 1.54) is 83.5 Å². The van der Waals surface area contributed by atoms with Gasteiger partial charge in [-0.1, -0.05) is 117 Å². The maximum atomic E-state index is 12.2. The molecule has 160 valence electrons. The summed E-state index contributed by atoms with van der Waals surface area (Å²) in [7, 11) is 0. The summed E-state index contributed by atoms with van der Waals surface area (Å²) in [5.41, 5.74) is 0. The minimum atomic E-state index is -0.917. The predicted octanol–water partition coefficient (Wildman–Crippen LogP) is 7.71. The van der Waals surface area contributed by atoms with E-state index in [0.717, 1.165) is 25.7 Å². The average molecular weight is 383 g/mol. The highest BCUT2D eigenvalue weighted by atomic mass is 16.4. The molecule has 0 bridgehead atoms. The van der Waals surface area contributed by atoms with Gasteiger partial charge in [0.2, 0.25) is 0 Å². The van der Waals surface area contributed by atoms with E-state index in [0.29, 0.717) is 12.8 Å². The number of carboxylic acids is 1. The second-order valence-electron chi connectivity index (χ2n) is 8.20. The van der Waals surface area contributed by atoms with Crippen LogP contribution in [0.3, 0.4) is 0 Å². The molecule has 0 saturated heterocycles. The number of rotatable bonds is 21. The lowest BCUT2D eigenvalue weighted by Gasteiger charge is -2.11. The van der Waals surface area contributed by atoms with E-state index in [2.05, 4.69) is 13.8 Å². The van der Waals surface area contributed by atoms with E-state index >= 15 is 0 Å². The summed E-state index contributed by atoms with van der Waals surface area (Å²) in [5.74, 6) is -1.73. The Bertz CT molecular complexity index is 352. The van der Waals surface area contributed by atoms with Crippen LogP contribution in [-0.4, -0.2) is 16.9 Å². The number of aliphatic carboxylic acids is 1. The quantitative estimate of drug-likeness (QED) is 0.163. The lowest BCUT2D eigenvalue weighted by molar-refractivity contribution is -0.146. The average Bonchev–Trinajstić information content (AvgIpc) is 2.65. The largest absolute Gasteiger partial charge is 0.481 e. The number of carboxylic acid groups (broad SMARTS) is 1. The van der Waals surface area contributed by atoms with Gasteiger partial charge in [-0.05, 0) is 12.8 Å². The third-order valence-corrected chi connectivity index (χ3v) is 5.56. The van der Waals surface area contributed by atoms with Crippen molar-refractivity contribution in [2.45, 2.75) is 136 Å². The van der Waals surface area contributed by atoms with Crippen molar-refractivity contribution in [3.05, 3.63) is 0 Å². The molecule has 0 heterocycles. The summed E-state index contributed by atoms with van der Waals surface area (Å²) in [6.07, 6.45) is 21.4. The molecule has 0 aliphatic carbocycles. The highest BCUT2D eigenvalue weighted by Gasteiger charge is 2.24. The van der Waals surface area contributed by atoms with Gasteiger partial charge in [0.15, 0.2) is 0 Å². The van der Waals surface area contributed by atoms with Gasteiger partial charge in [-0.25, -0.2) is 0 Å². The lowest BCUT2D eigenvalue weighted by atomic mass is 9.93. The third-order valence-electron chi connectivity index (χ3n) is 5.56. The number of unbranched alkanes of at least 4 members (excludes halogenated alkanes) is 15. The summed E-state index contributed by atoms with van der Waals surface area (Å²) in [6, 6.07) is 0. The fraction of sp³-hybridized carbons (Fsp3) is 0.917. The van der Waals surface area contributed by atoms with Crippen LogP contribution in [0.25, 0.3) is 0 Å². The Morgan fingerprint density at radius 2 is 0.963 bits per heavy atom. The van der Waals surface area contributed by atoms with Gasteiger partial charge in [-0.3, -0.25) is 9.59 Å². The molecule has 0 fully saturated rings. The van der Waals surface area contributed by atoms with Crippen molar-refractivity contribution in [3.8, 4) is 0 Å². The molecule has 3 nitrogen and oxygen atoms in total. The molecule has 1 N–H and O–H groups in total. The first kappa shape index (κ1) is 26.1. The van der Waals surface area contributed by atoms with Gasteiger partial charge in [0.05, 0.1) is 0 Å².